The van der Waals surface area contributed by atoms with Crippen LogP contribution in [-0.4, -0.2) is 29.0 Å². The molecule has 136 valence electrons. The highest BCUT2D eigenvalue weighted by Gasteiger charge is 2.14. The summed E-state index contributed by atoms with van der Waals surface area (Å²) in [7, 11) is 0. The van der Waals surface area contributed by atoms with Gasteiger partial charge >= 0.3 is 0 Å². The fourth-order valence-corrected chi connectivity index (χ4v) is 3.13. The summed E-state index contributed by atoms with van der Waals surface area (Å²) < 4.78 is 13.2. The molecular weight excluding hydrogens is 343 g/mol. The predicted octanol–water partition coefficient (Wildman–Crippen LogP) is 4.14. The summed E-state index contributed by atoms with van der Waals surface area (Å²) in [5, 5.41) is 2.69. The number of nitrogens with zero attached hydrogens (tertiary/aromatic N) is 3. The van der Waals surface area contributed by atoms with Gasteiger partial charge < -0.3 is 10.2 Å². The van der Waals surface area contributed by atoms with Gasteiger partial charge in [0.2, 0.25) is 5.95 Å². The molecule has 3 aromatic rings. The molecule has 0 unspecified atom stereocenters. The van der Waals surface area contributed by atoms with Crippen molar-refractivity contribution in [1.29, 1.82) is 0 Å². The van der Waals surface area contributed by atoms with E-state index in [-0.39, 0.29) is 11.7 Å². The minimum absolute atomic E-state index is 0.284. The molecule has 1 aliphatic heterocycles. The lowest BCUT2D eigenvalue weighted by Gasteiger charge is -2.14. The van der Waals surface area contributed by atoms with Crippen LogP contribution in [0.15, 0.2) is 60.9 Å². The number of carbonyl (C=O) groups excluding carboxylic acids is 1. The number of benzene rings is 2. The average Bonchev–Trinajstić information content (AvgIpc) is 3.23. The van der Waals surface area contributed by atoms with Gasteiger partial charge in [-0.25, -0.2) is 14.4 Å². The van der Waals surface area contributed by atoms with E-state index in [0.717, 1.165) is 30.2 Å². The van der Waals surface area contributed by atoms with E-state index in [2.05, 4.69) is 20.2 Å². The summed E-state index contributed by atoms with van der Waals surface area (Å²) in [5.74, 6) is 0.0932. The number of carbonyl (C=O) groups is 1. The molecule has 0 radical (unpaired) electrons. The molecule has 2 aromatic carbocycles. The average molecular weight is 362 g/mol. The SMILES string of the molecule is O=C(Nc1cccc(F)c1)c1ccc(-c2cnc(N3CCCC3)nc2)cc1. The molecule has 4 rings (SSSR count). The van der Waals surface area contributed by atoms with Crippen LogP contribution < -0.4 is 10.2 Å². The van der Waals surface area contributed by atoms with Crippen molar-refractivity contribution in [3.8, 4) is 11.1 Å². The van der Waals surface area contributed by atoms with Gasteiger partial charge in [0.1, 0.15) is 5.82 Å². The maximum Gasteiger partial charge on any atom is 0.255 e. The Kier molecular flexibility index (Phi) is 4.78. The summed E-state index contributed by atoms with van der Waals surface area (Å²) in [5.41, 5.74) is 2.76. The first kappa shape index (κ1) is 17.1. The van der Waals surface area contributed by atoms with Crippen molar-refractivity contribution in [3.05, 3.63) is 72.3 Å². The number of rotatable bonds is 4. The molecule has 1 N–H and O–H groups in total. The quantitative estimate of drug-likeness (QED) is 0.758. The molecule has 1 amide bonds. The van der Waals surface area contributed by atoms with Gasteiger partial charge in [-0.1, -0.05) is 18.2 Å². The highest BCUT2D eigenvalue weighted by atomic mass is 19.1. The number of anilines is 2. The Morgan fingerprint density at radius 2 is 1.67 bits per heavy atom. The molecule has 1 saturated heterocycles. The third-order valence-electron chi connectivity index (χ3n) is 4.59. The van der Waals surface area contributed by atoms with Crippen LogP contribution in [0.4, 0.5) is 16.0 Å². The molecule has 1 aliphatic rings. The first-order valence-electron chi connectivity index (χ1n) is 8.93. The lowest BCUT2D eigenvalue weighted by molar-refractivity contribution is 0.102. The van der Waals surface area contributed by atoms with Crippen LogP contribution in [0.5, 0.6) is 0 Å². The van der Waals surface area contributed by atoms with Crippen molar-refractivity contribution in [2.45, 2.75) is 12.8 Å². The lowest BCUT2D eigenvalue weighted by Crippen LogP contribution is -2.20. The van der Waals surface area contributed by atoms with Crippen molar-refractivity contribution >= 4 is 17.5 Å². The second-order valence-electron chi connectivity index (χ2n) is 6.51. The topological polar surface area (TPSA) is 58.1 Å². The standard InChI is InChI=1S/C21H19FN4O/c22-18-4-3-5-19(12-18)25-20(27)16-8-6-15(7-9-16)17-13-23-21(24-14-17)26-10-1-2-11-26/h3-9,12-14H,1-2,10-11H2,(H,25,27). The third-order valence-corrected chi connectivity index (χ3v) is 4.59. The maximum absolute atomic E-state index is 13.2. The minimum Gasteiger partial charge on any atom is -0.341 e. The number of hydrogen-bond donors (Lipinski definition) is 1. The normalized spacial score (nSPS) is 13.6. The Hall–Kier alpha value is -3.28. The van der Waals surface area contributed by atoms with Crippen LogP contribution in [0.2, 0.25) is 0 Å². The first-order valence-corrected chi connectivity index (χ1v) is 8.93. The van der Waals surface area contributed by atoms with Crippen LogP contribution in [0.25, 0.3) is 11.1 Å². The van der Waals surface area contributed by atoms with Crippen LogP contribution in [0.3, 0.4) is 0 Å². The molecule has 5 nitrogen and oxygen atoms in total. The van der Waals surface area contributed by atoms with Crippen LogP contribution in [0, 0.1) is 5.82 Å². The molecule has 1 aromatic heterocycles. The van der Waals surface area contributed by atoms with Gasteiger partial charge in [0.05, 0.1) is 0 Å². The lowest BCUT2D eigenvalue weighted by atomic mass is 10.1. The Labute approximate surface area is 156 Å². The third kappa shape index (κ3) is 3.95. The number of aromatic nitrogens is 2. The fourth-order valence-electron chi connectivity index (χ4n) is 3.13. The molecule has 0 atom stereocenters. The van der Waals surface area contributed by atoms with Gasteiger partial charge in [0.15, 0.2) is 0 Å². The first-order chi connectivity index (χ1) is 13.2. The van der Waals surface area contributed by atoms with Gasteiger partial charge in [-0.15, -0.1) is 0 Å². The summed E-state index contributed by atoms with van der Waals surface area (Å²) in [6.45, 7) is 2.02. The monoisotopic (exact) mass is 362 g/mol. The number of hydrogen-bond acceptors (Lipinski definition) is 4. The summed E-state index contributed by atoms with van der Waals surface area (Å²) >= 11 is 0. The second kappa shape index (κ2) is 7.53. The number of halogens is 1. The summed E-state index contributed by atoms with van der Waals surface area (Å²) in [4.78, 5) is 23.4. The van der Waals surface area contributed by atoms with Gasteiger partial charge in [-0.2, -0.15) is 0 Å². The van der Waals surface area contributed by atoms with Crippen LogP contribution >= 0.6 is 0 Å². The molecule has 1 fully saturated rings. The molecule has 0 bridgehead atoms. The zero-order chi connectivity index (χ0) is 18.6. The Morgan fingerprint density at radius 1 is 0.963 bits per heavy atom. The molecule has 0 spiro atoms. The van der Waals surface area contributed by atoms with E-state index in [1.165, 1.54) is 25.0 Å². The number of nitrogens with one attached hydrogen (secondary N) is 1. The zero-order valence-electron chi connectivity index (χ0n) is 14.7. The van der Waals surface area contributed by atoms with Crippen LogP contribution in [-0.2, 0) is 0 Å². The molecular formula is C21H19FN4O. The van der Waals surface area contributed by atoms with E-state index in [9.17, 15) is 9.18 Å². The molecule has 2 heterocycles. The largest absolute Gasteiger partial charge is 0.341 e. The smallest absolute Gasteiger partial charge is 0.255 e. The van der Waals surface area contributed by atoms with E-state index >= 15 is 0 Å². The fraction of sp³-hybridized carbons (Fsp3) is 0.190. The van der Waals surface area contributed by atoms with E-state index in [1.807, 2.05) is 24.5 Å². The van der Waals surface area contributed by atoms with Gasteiger partial charge in [-0.05, 0) is 48.7 Å². The summed E-state index contributed by atoms with van der Waals surface area (Å²) in [6.07, 6.45) is 5.99. The zero-order valence-corrected chi connectivity index (χ0v) is 14.7. The van der Waals surface area contributed by atoms with Gasteiger partial charge in [0.25, 0.3) is 5.91 Å². The van der Waals surface area contributed by atoms with Crippen molar-refractivity contribution in [1.82, 2.24) is 9.97 Å². The molecule has 6 heteroatoms. The maximum atomic E-state index is 13.2. The molecule has 0 aliphatic carbocycles. The number of amides is 1. The molecule has 27 heavy (non-hydrogen) atoms. The summed E-state index contributed by atoms with van der Waals surface area (Å²) in [6, 6.07) is 13.0. The predicted molar refractivity (Wildman–Crippen MR) is 103 cm³/mol. The van der Waals surface area contributed by atoms with E-state index in [4.69, 9.17) is 0 Å². The Bertz CT molecular complexity index is 935. The van der Waals surface area contributed by atoms with Gasteiger partial charge in [0, 0.05) is 42.3 Å². The van der Waals surface area contributed by atoms with Crippen LogP contribution in [0.1, 0.15) is 23.2 Å². The molecule has 0 saturated carbocycles. The van der Waals surface area contributed by atoms with E-state index < -0.39 is 0 Å². The Balaban J connectivity index is 1.46. The highest BCUT2D eigenvalue weighted by molar-refractivity contribution is 6.04. The van der Waals surface area contributed by atoms with Crippen molar-refractivity contribution in [2.24, 2.45) is 0 Å². The van der Waals surface area contributed by atoms with Crippen molar-refractivity contribution < 1.29 is 9.18 Å². The highest BCUT2D eigenvalue weighted by Crippen LogP contribution is 2.21. The minimum atomic E-state index is -0.388. The van der Waals surface area contributed by atoms with E-state index in [0.29, 0.717) is 11.3 Å². The van der Waals surface area contributed by atoms with E-state index in [1.54, 1.807) is 24.3 Å². The van der Waals surface area contributed by atoms with Crippen molar-refractivity contribution in [2.75, 3.05) is 23.3 Å². The van der Waals surface area contributed by atoms with Gasteiger partial charge in [-0.3, -0.25) is 4.79 Å². The van der Waals surface area contributed by atoms with Crippen molar-refractivity contribution in [3.63, 3.8) is 0 Å². The second-order valence-corrected chi connectivity index (χ2v) is 6.51. The Morgan fingerprint density at radius 3 is 2.33 bits per heavy atom.